The number of carboxylic acids is 1. The summed E-state index contributed by atoms with van der Waals surface area (Å²) in [5, 5.41) is 44.9. The average Bonchev–Trinajstić information content (AvgIpc) is 3.61. The number of carbonyl (C=O) groups is 3. The van der Waals surface area contributed by atoms with E-state index in [0.717, 1.165) is 0 Å². The first kappa shape index (κ1) is 29.8. The summed E-state index contributed by atoms with van der Waals surface area (Å²) in [6.45, 7) is 3.51. The smallest absolute Gasteiger partial charge is 0.410 e. The number of benzene rings is 1. The van der Waals surface area contributed by atoms with Gasteiger partial charge >= 0.3 is 6.09 Å². The molecule has 6 atom stereocenters. The predicted molar refractivity (Wildman–Crippen MR) is 146 cm³/mol. The third-order valence-electron chi connectivity index (χ3n) is 7.70. The molecule has 1 N–H and O–H groups in total. The van der Waals surface area contributed by atoms with Gasteiger partial charge in [0.1, 0.15) is 6.61 Å². The molecule has 1 aromatic carbocycles. The number of carboxylic acid groups (broad SMARTS) is 1. The van der Waals surface area contributed by atoms with E-state index in [9.17, 15) is 34.7 Å². The zero-order valence-corrected chi connectivity index (χ0v) is 24.5. The fourth-order valence-electron chi connectivity index (χ4n) is 5.65. The quantitative estimate of drug-likeness (QED) is 0.168. The van der Waals surface area contributed by atoms with Crippen molar-refractivity contribution in [1.82, 2.24) is 30.0 Å². The van der Waals surface area contributed by atoms with Crippen molar-refractivity contribution in [2.75, 3.05) is 12.3 Å². The number of amides is 2. The molecule has 0 bridgehead atoms. The number of aliphatic hydroxyl groups excluding tert-OH is 1. The average molecular weight is 619 g/mol. The van der Waals surface area contributed by atoms with Crippen LogP contribution in [0.5, 0.6) is 0 Å². The summed E-state index contributed by atoms with van der Waals surface area (Å²) >= 11 is 2.67. The molecular formula is C25H28N7O8S2-. The summed E-state index contributed by atoms with van der Waals surface area (Å²) < 4.78 is 7.07. The molecule has 2 saturated heterocycles. The van der Waals surface area contributed by atoms with Crippen LogP contribution in [-0.2, 0) is 28.0 Å². The van der Waals surface area contributed by atoms with Gasteiger partial charge < -0.3 is 29.5 Å². The Morgan fingerprint density at radius 1 is 1.29 bits per heavy atom. The van der Waals surface area contributed by atoms with Crippen LogP contribution < -0.4 is 5.11 Å². The van der Waals surface area contributed by atoms with Crippen molar-refractivity contribution >= 4 is 47.2 Å². The number of nitro groups is 1. The Hall–Kier alpha value is -3.70. The first-order valence-electron chi connectivity index (χ1n) is 13.1. The van der Waals surface area contributed by atoms with Gasteiger partial charge in [0.15, 0.2) is 0 Å². The number of rotatable bonds is 10. The van der Waals surface area contributed by atoms with Gasteiger partial charge in [-0.05, 0) is 41.5 Å². The first-order chi connectivity index (χ1) is 20.0. The fourth-order valence-corrected chi connectivity index (χ4v) is 8.18. The summed E-state index contributed by atoms with van der Waals surface area (Å²) in [4.78, 5) is 51.8. The summed E-state index contributed by atoms with van der Waals surface area (Å²) in [7, 11) is 1.70. The maximum absolute atomic E-state index is 13.3. The number of tetrazole rings is 1. The van der Waals surface area contributed by atoms with Crippen molar-refractivity contribution in [2.24, 2.45) is 18.9 Å². The number of carbonyl (C=O) groups excluding carboxylic acids is 3. The van der Waals surface area contributed by atoms with Crippen LogP contribution in [0.4, 0.5) is 10.5 Å². The van der Waals surface area contributed by atoms with Crippen LogP contribution in [0.1, 0.15) is 25.8 Å². The highest BCUT2D eigenvalue weighted by Gasteiger charge is 2.59. The van der Waals surface area contributed by atoms with E-state index >= 15 is 0 Å². The van der Waals surface area contributed by atoms with Crippen LogP contribution in [0.15, 0.2) is 40.0 Å². The SMILES string of the molecule is C[C@@H](O)[C@H]1C(=O)N2C(C(=O)[O-])=C(S[C@H]3C[C@@H](CSc4nnnn4C)N(C(=O)OCc4ccc([N+](=O)[O-])cc4)C3)[C@H](C)[C@H]12. The van der Waals surface area contributed by atoms with Gasteiger partial charge in [-0.25, -0.2) is 9.48 Å². The molecule has 1 aromatic heterocycles. The van der Waals surface area contributed by atoms with Gasteiger partial charge in [0.25, 0.3) is 5.69 Å². The van der Waals surface area contributed by atoms with Gasteiger partial charge in [0, 0.05) is 53.6 Å². The number of likely N-dealkylation sites (tertiary alicyclic amines) is 1. The second-order valence-corrected chi connectivity index (χ2v) is 12.7. The molecule has 224 valence electrons. The molecule has 15 nitrogen and oxygen atoms in total. The third-order valence-corrected chi connectivity index (χ3v) is 10.4. The summed E-state index contributed by atoms with van der Waals surface area (Å²) in [6, 6.07) is 4.93. The minimum Gasteiger partial charge on any atom is -0.543 e. The maximum Gasteiger partial charge on any atom is 0.410 e. The van der Waals surface area contributed by atoms with E-state index in [-0.39, 0.29) is 41.7 Å². The normalized spacial score (nSPS) is 25.8. The monoisotopic (exact) mass is 618 g/mol. The molecular weight excluding hydrogens is 590 g/mol. The standard InChI is InChI=1S/C25H29N7O8S2/c1-12-19-18(13(2)33)22(34)31(19)20(23(35)36)21(12)42-17-8-16(11-41-24-26-27-28-29(24)3)30(9-17)25(37)40-10-14-4-6-15(7-5-14)32(38)39/h4-7,12-13,16-19,33H,8-11H2,1-3H3,(H,35,36)/p-1/t12-,13-,16+,17+,18-,19-/m1/s1. The molecule has 17 heteroatoms. The van der Waals surface area contributed by atoms with Crippen molar-refractivity contribution in [1.29, 1.82) is 0 Å². The number of aliphatic carboxylic acids is 1. The van der Waals surface area contributed by atoms with Crippen molar-refractivity contribution in [3.63, 3.8) is 0 Å². The lowest BCUT2D eigenvalue weighted by Gasteiger charge is -2.47. The number of aryl methyl sites for hydroxylation is 1. The molecule has 5 rings (SSSR count). The highest BCUT2D eigenvalue weighted by atomic mass is 32.2. The van der Waals surface area contributed by atoms with E-state index in [1.165, 1.54) is 64.3 Å². The van der Waals surface area contributed by atoms with Crippen molar-refractivity contribution in [3.05, 3.63) is 50.5 Å². The molecule has 2 aromatic rings. The van der Waals surface area contributed by atoms with Crippen molar-refractivity contribution < 1.29 is 34.3 Å². The number of hydrogen-bond donors (Lipinski definition) is 1. The Labute approximate surface area is 248 Å². The van der Waals surface area contributed by atoms with Crippen LogP contribution in [-0.4, -0.2) is 93.7 Å². The predicted octanol–water partition coefficient (Wildman–Crippen LogP) is 0.542. The highest BCUT2D eigenvalue weighted by molar-refractivity contribution is 8.03. The second kappa shape index (κ2) is 11.9. The molecule has 42 heavy (non-hydrogen) atoms. The van der Waals surface area contributed by atoms with Gasteiger partial charge in [-0.15, -0.1) is 16.9 Å². The lowest BCUT2D eigenvalue weighted by atomic mass is 9.79. The van der Waals surface area contributed by atoms with E-state index < -0.39 is 41.0 Å². The van der Waals surface area contributed by atoms with Crippen LogP contribution in [0.2, 0.25) is 0 Å². The van der Waals surface area contributed by atoms with Crippen LogP contribution in [0.25, 0.3) is 0 Å². The highest BCUT2D eigenvalue weighted by Crippen LogP contribution is 2.52. The Kier molecular flexibility index (Phi) is 8.43. The van der Waals surface area contributed by atoms with Crippen molar-refractivity contribution in [3.8, 4) is 0 Å². The molecule has 3 aliphatic rings. The zero-order valence-electron chi connectivity index (χ0n) is 22.9. The Morgan fingerprint density at radius 2 is 2.00 bits per heavy atom. The molecule has 2 fully saturated rings. The number of thioether (sulfide) groups is 2. The van der Waals surface area contributed by atoms with Crippen LogP contribution >= 0.6 is 23.5 Å². The largest absolute Gasteiger partial charge is 0.543 e. The molecule has 0 aliphatic carbocycles. The number of aliphatic hydroxyl groups is 1. The van der Waals surface area contributed by atoms with Gasteiger partial charge in [0.2, 0.25) is 11.1 Å². The Bertz CT molecular complexity index is 1430. The molecule has 0 radical (unpaired) electrons. The number of fused-ring (bicyclic) bond motifs is 1. The van der Waals surface area contributed by atoms with E-state index in [1.807, 2.05) is 6.92 Å². The Balaban J connectivity index is 1.31. The third kappa shape index (κ3) is 5.55. The maximum atomic E-state index is 13.3. The minimum atomic E-state index is -1.46. The second-order valence-electron chi connectivity index (χ2n) is 10.4. The van der Waals surface area contributed by atoms with Crippen molar-refractivity contribution in [2.45, 2.75) is 55.5 Å². The molecule has 0 saturated carbocycles. The fraction of sp³-hybridized carbons (Fsp3) is 0.520. The number of β-lactam (4-membered cyclic amide) rings is 1. The number of non-ortho nitro benzene ring substituents is 1. The van der Waals surface area contributed by atoms with E-state index in [2.05, 4.69) is 15.5 Å². The minimum absolute atomic E-state index is 0.0718. The summed E-state index contributed by atoms with van der Waals surface area (Å²) in [5.74, 6) is -2.47. The topological polar surface area (TPSA) is 197 Å². The van der Waals surface area contributed by atoms with Gasteiger partial charge in [-0.1, -0.05) is 18.7 Å². The lowest BCUT2D eigenvalue weighted by molar-refractivity contribution is -0.384. The van der Waals surface area contributed by atoms with Gasteiger partial charge in [-0.2, -0.15) is 0 Å². The Morgan fingerprint density at radius 3 is 2.60 bits per heavy atom. The summed E-state index contributed by atoms with van der Waals surface area (Å²) in [5.41, 5.74) is 0.340. The number of nitro benzene ring substituents is 1. The molecule has 4 heterocycles. The van der Waals surface area contributed by atoms with Gasteiger partial charge in [0.05, 0.1) is 34.7 Å². The van der Waals surface area contributed by atoms with Crippen LogP contribution in [0, 0.1) is 22.0 Å². The van der Waals surface area contributed by atoms with E-state index in [1.54, 1.807) is 11.9 Å². The number of aromatic nitrogens is 4. The van der Waals surface area contributed by atoms with Crippen LogP contribution in [0.3, 0.4) is 0 Å². The zero-order chi connectivity index (χ0) is 30.3. The van der Waals surface area contributed by atoms with Gasteiger partial charge in [-0.3, -0.25) is 14.9 Å². The number of nitrogens with zero attached hydrogens (tertiary/aromatic N) is 7. The molecule has 3 aliphatic heterocycles. The molecule has 2 amide bonds. The first-order valence-corrected chi connectivity index (χ1v) is 15.0. The van der Waals surface area contributed by atoms with E-state index in [4.69, 9.17) is 4.74 Å². The lowest BCUT2D eigenvalue weighted by Crippen LogP contribution is -2.64. The summed E-state index contributed by atoms with van der Waals surface area (Å²) in [6.07, 6.45) is -0.998. The molecule has 0 spiro atoms. The molecule has 0 unspecified atom stereocenters. The van der Waals surface area contributed by atoms with E-state index in [0.29, 0.717) is 27.8 Å². The number of hydrogen-bond acceptors (Lipinski definition) is 13. The number of ether oxygens (including phenoxy) is 1.